The summed E-state index contributed by atoms with van der Waals surface area (Å²) in [7, 11) is 5.95. The predicted octanol–water partition coefficient (Wildman–Crippen LogP) is 27.3. The zero-order chi connectivity index (χ0) is 74.6. The molecule has 0 bridgehead atoms. The number of rotatable bonds is 81. The first-order valence-corrected chi connectivity index (χ1v) is 43.7. The molecule has 0 rings (SSSR count). The van der Waals surface area contributed by atoms with E-state index in [0.717, 1.165) is 96.3 Å². The van der Waals surface area contributed by atoms with Gasteiger partial charge in [-0.25, -0.2) is 0 Å². The highest BCUT2D eigenvalue weighted by atomic mass is 16.7. The average Bonchev–Trinajstić information content (AvgIpc) is 1.01. The van der Waals surface area contributed by atoms with Gasteiger partial charge in [0.15, 0.2) is 12.4 Å². The smallest absolute Gasteiger partial charge is 0.306 e. The molecule has 0 aromatic heterocycles. The van der Waals surface area contributed by atoms with Crippen LogP contribution in [0.25, 0.3) is 0 Å². The Kier molecular flexibility index (Phi) is 79.8. The lowest BCUT2D eigenvalue weighted by Gasteiger charge is -2.26. The Morgan fingerprint density at radius 2 is 0.553 bits per heavy atom. The lowest BCUT2D eigenvalue weighted by Crippen LogP contribution is -2.44. The molecule has 0 heterocycles. The number of hydrogen-bond donors (Lipinski definition) is 0. The molecule has 0 amide bonds. The molecule has 0 fully saturated rings. The van der Waals surface area contributed by atoms with Gasteiger partial charge in [-0.05, 0) is 109 Å². The summed E-state index contributed by atoms with van der Waals surface area (Å²) >= 11 is 0. The van der Waals surface area contributed by atoms with E-state index < -0.39 is 24.3 Å². The third kappa shape index (κ3) is 84.8. The Morgan fingerprint density at radius 3 is 0.825 bits per heavy atom. The number of carbonyl (C=O) groups excluding carboxylic acids is 3. The first kappa shape index (κ1) is 98.7. The van der Waals surface area contributed by atoms with Crippen LogP contribution in [0.5, 0.6) is 0 Å². The Bertz CT molecular complexity index is 2120. The van der Waals surface area contributed by atoms with E-state index in [2.05, 4.69) is 135 Å². The highest BCUT2D eigenvalue weighted by molar-refractivity contribution is 5.70. The van der Waals surface area contributed by atoms with Crippen molar-refractivity contribution in [1.29, 1.82) is 0 Å². The van der Waals surface area contributed by atoms with Crippen LogP contribution in [-0.4, -0.2) is 82.3 Å². The summed E-state index contributed by atoms with van der Waals surface area (Å²) in [6.45, 7) is 4.67. The van der Waals surface area contributed by atoms with E-state index in [4.69, 9.17) is 18.9 Å². The van der Waals surface area contributed by atoms with Crippen LogP contribution in [0.15, 0.2) is 122 Å². The summed E-state index contributed by atoms with van der Waals surface area (Å²) in [6.07, 6.45) is 116. The van der Waals surface area contributed by atoms with Crippen molar-refractivity contribution in [1.82, 2.24) is 0 Å². The Labute approximate surface area is 637 Å². The molecule has 2 atom stereocenters. The lowest BCUT2D eigenvalue weighted by molar-refractivity contribution is -0.870. The maximum atomic E-state index is 13.0. The molecule has 0 aromatic rings. The second-order valence-corrected chi connectivity index (χ2v) is 30.4. The van der Waals surface area contributed by atoms with Gasteiger partial charge in [-0.3, -0.25) is 9.59 Å². The minimum Gasteiger partial charge on any atom is -0.545 e. The monoisotopic (exact) mass is 1440 g/mol. The maximum Gasteiger partial charge on any atom is 0.306 e. The summed E-state index contributed by atoms with van der Waals surface area (Å²) in [6, 6.07) is 0. The molecule has 0 N–H and O–H groups in total. The van der Waals surface area contributed by atoms with Crippen LogP contribution in [-0.2, 0) is 33.3 Å². The molecule has 0 saturated heterocycles. The van der Waals surface area contributed by atoms with E-state index in [1.807, 2.05) is 21.1 Å². The van der Waals surface area contributed by atoms with Crippen molar-refractivity contribution in [2.45, 2.75) is 411 Å². The van der Waals surface area contributed by atoms with Crippen molar-refractivity contribution < 1.29 is 42.9 Å². The Morgan fingerprint density at radius 1 is 0.301 bits per heavy atom. The zero-order valence-electron chi connectivity index (χ0n) is 68.2. The second kappa shape index (κ2) is 83.3. The van der Waals surface area contributed by atoms with E-state index in [1.54, 1.807) is 0 Å². The number of likely N-dealkylation sites (N-methyl/N-ethyl adjacent to an activating group) is 1. The molecule has 0 spiro atoms. The van der Waals surface area contributed by atoms with E-state index >= 15 is 0 Å². The number of unbranched alkanes of at least 4 members (excludes halogenated alkanes) is 46. The van der Waals surface area contributed by atoms with Crippen LogP contribution in [0.2, 0.25) is 0 Å². The van der Waals surface area contributed by atoms with Gasteiger partial charge in [0.25, 0.3) is 0 Å². The highest BCUT2D eigenvalue weighted by Crippen LogP contribution is 2.20. The molecule has 9 nitrogen and oxygen atoms in total. The molecule has 0 saturated carbocycles. The summed E-state index contributed by atoms with van der Waals surface area (Å²) in [5, 5.41) is 11.9. The fraction of sp³-hybridized carbons (Fsp3) is 0.755. The van der Waals surface area contributed by atoms with Gasteiger partial charge in [0, 0.05) is 12.8 Å². The number of quaternary nitrogens is 1. The number of hydrogen-bond acceptors (Lipinski definition) is 8. The number of nitrogens with zero attached hydrogens (tertiary/aromatic N) is 1. The topological polar surface area (TPSA) is 111 Å². The fourth-order valence-electron chi connectivity index (χ4n) is 12.6. The third-order valence-corrected chi connectivity index (χ3v) is 19.2. The van der Waals surface area contributed by atoms with Gasteiger partial charge in [0.1, 0.15) is 13.2 Å². The van der Waals surface area contributed by atoms with Crippen LogP contribution in [0.4, 0.5) is 0 Å². The van der Waals surface area contributed by atoms with E-state index in [0.29, 0.717) is 23.9 Å². The summed E-state index contributed by atoms with van der Waals surface area (Å²) < 4.78 is 22.9. The number of ether oxygens (including phenoxy) is 4. The van der Waals surface area contributed by atoms with Gasteiger partial charge in [0.2, 0.25) is 0 Å². The molecule has 9 heteroatoms. The van der Waals surface area contributed by atoms with E-state index in [1.165, 1.54) is 270 Å². The maximum absolute atomic E-state index is 13.0. The molecular formula is C94H165NO8. The molecule has 0 aliphatic heterocycles. The number of esters is 2. The second-order valence-electron chi connectivity index (χ2n) is 30.4. The third-order valence-electron chi connectivity index (χ3n) is 19.2. The van der Waals surface area contributed by atoms with Crippen LogP contribution in [0.3, 0.4) is 0 Å². The molecular weight excluding hydrogens is 1270 g/mol. The Balaban J connectivity index is 3.97. The largest absolute Gasteiger partial charge is 0.545 e. The molecule has 0 aromatic carbocycles. The summed E-state index contributed by atoms with van der Waals surface area (Å²) in [5.74, 6) is -2.26. The van der Waals surface area contributed by atoms with Crippen LogP contribution in [0, 0.1) is 0 Å². The molecule has 0 aliphatic rings. The zero-order valence-corrected chi connectivity index (χ0v) is 68.2. The minimum absolute atomic E-state index is 0.146. The Hall–Kier alpha value is -4.31. The van der Waals surface area contributed by atoms with Crippen LogP contribution >= 0.6 is 0 Å². The number of aliphatic carboxylic acids is 1. The van der Waals surface area contributed by atoms with Gasteiger partial charge >= 0.3 is 11.9 Å². The minimum atomic E-state index is -1.63. The average molecular weight is 1440 g/mol. The van der Waals surface area contributed by atoms with Crippen molar-refractivity contribution in [3.63, 3.8) is 0 Å². The summed E-state index contributed by atoms with van der Waals surface area (Å²) in [4.78, 5) is 37.7. The van der Waals surface area contributed by atoms with Crippen molar-refractivity contribution in [2.24, 2.45) is 0 Å². The molecule has 2 unspecified atom stereocenters. The van der Waals surface area contributed by atoms with Crippen molar-refractivity contribution >= 4 is 17.9 Å². The van der Waals surface area contributed by atoms with Gasteiger partial charge < -0.3 is 33.3 Å². The number of allylic oxidation sites excluding steroid dienone is 20. The molecule has 0 radical (unpaired) electrons. The normalized spacial score (nSPS) is 13.2. The fourth-order valence-corrected chi connectivity index (χ4v) is 12.6. The number of carbonyl (C=O) groups is 3. The number of carboxylic acids is 1. The van der Waals surface area contributed by atoms with Crippen molar-refractivity contribution in [3.8, 4) is 0 Å². The van der Waals surface area contributed by atoms with Crippen molar-refractivity contribution in [3.05, 3.63) is 122 Å². The molecule has 0 aliphatic carbocycles. The van der Waals surface area contributed by atoms with Crippen molar-refractivity contribution in [2.75, 3.05) is 47.5 Å². The van der Waals surface area contributed by atoms with Gasteiger partial charge in [-0.15, -0.1) is 0 Å². The first-order chi connectivity index (χ1) is 50.6. The summed E-state index contributed by atoms with van der Waals surface area (Å²) in [5.41, 5.74) is 0. The standard InChI is InChI=1S/C94H165NO8/c1-6-8-10-12-14-16-18-20-22-24-26-28-30-32-34-36-38-40-42-44-45-46-47-49-51-53-55-57-59-61-63-65-67-69-71-73-75-77-79-81-83-85-92(97)103-90(89-102-94(93(98)99)100-87-86-95(3,4)5)88-101-91(96)84-82-80-78-76-74-72-70-68-66-64-62-60-58-56-54-52-50-48-43-41-39-37-35-33-31-29-27-25-23-21-19-17-15-13-11-9-7-2/h8,10,14,16,19-22,25-28,32,34,38,40,44-45,47,49,90,94H,6-7,9,11-13,15,17-18,23-24,29-31,33,35-37,39,41-43,46,48,50-89H2,1-5H3/b10-8-,16-14-,21-19-,22-20-,27-25-,28-26-,34-32-,40-38-,45-44-,49-47-. The predicted molar refractivity (Wildman–Crippen MR) is 444 cm³/mol. The molecule has 594 valence electrons. The highest BCUT2D eigenvalue weighted by Gasteiger charge is 2.22. The van der Waals surface area contributed by atoms with Gasteiger partial charge in [-0.2, -0.15) is 0 Å². The number of carboxylic acid groups (broad SMARTS) is 1. The lowest BCUT2D eigenvalue weighted by atomic mass is 10.0. The molecule has 103 heavy (non-hydrogen) atoms. The quantitative estimate of drug-likeness (QED) is 0.0195. The first-order valence-electron chi connectivity index (χ1n) is 43.7. The van der Waals surface area contributed by atoms with Gasteiger partial charge in [-0.1, -0.05) is 399 Å². The van der Waals surface area contributed by atoms with Crippen LogP contribution in [0.1, 0.15) is 399 Å². The van der Waals surface area contributed by atoms with Gasteiger partial charge in [0.05, 0.1) is 40.3 Å². The SMILES string of the molecule is CC/C=C\C/C=C\C/C=C\C/C=C\C/C=C\C/C=C\C/C=C\C/C=C\CCCCCCCCCCCCCCCCCCC(=O)OC(COC(=O)CCCCCCCCCCCCCCCCCCCCCCCCCCC/C=C\C/C=C\CCCCCCC)COC(OCC[N+](C)(C)C)C(=O)[O-]. The van der Waals surface area contributed by atoms with E-state index in [9.17, 15) is 19.5 Å². The van der Waals surface area contributed by atoms with Crippen LogP contribution < -0.4 is 5.11 Å². The van der Waals surface area contributed by atoms with E-state index in [-0.39, 0.29) is 32.2 Å².